The average Bonchev–Trinajstić information content (AvgIpc) is 2.93. The molecule has 0 N–H and O–H groups in total. The van der Waals surface area contributed by atoms with Crippen molar-refractivity contribution in [1.82, 2.24) is 4.90 Å². The van der Waals surface area contributed by atoms with Gasteiger partial charge in [-0.15, -0.1) is 0 Å². The van der Waals surface area contributed by atoms with Crippen molar-refractivity contribution in [2.75, 3.05) is 33.5 Å². The Morgan fingerprint density at radius 1 is 1.35 bits per heavy atom. The van der Waals surface area contributed by atoms with Gasteiger partial charge in [0.15, 0.2) is 5.79 Å². The zero-order valence-electron chi connectivity index (χ0n) is 12.0. The van der Waals surface area contributed by atoms with E-state index in [2.05, 4.69) is 0 Å². The predicted octanol–water partition coefficient (Wildman–Crippen LogP) is 0.373. The number of rotatable bonds is 3. The maximum Gasteiger partial charge on any atom is 0.410 e. The number of amides is 1. The molecule has 3 saturated heterocycles. The van der Waals surface area contributed by atoms with E-state index >= 15 is 0 Å². The lowest BCUT2D eigenvalue weighted by molar-refractivity contribution is -0.159. The van der Waals surface area contributed by atoms with Gasteiger partial charge in [0.25, 0.3) is 0 Å². The van der Waals surface area contributed by atoms with Crippen LogP contribution in [0.25, 0.3) is 0 Å². The summed E-state index contributed by atoms with van der Waals surface area (Å²) in [4.78, 5) is 13.4. The molecular formula is C13H21NO6. The summed E-state index contributed by atoms with van der Waals surface area (Å²) in [5, 5.41) is 0. The molecule has 0 aromatic heterocycles. The summed E-state index contributed by atoms with van der Waals surface area (Å²) in [5.74, 6) is -0.684. The first-order chi connectivity index (χ1) is 9.52. The number of hydrogen-bond donors (Lipinski definition) is 0. The molecule has 0 radical (unpaired) electrons. The highest BCUT2D eigenvalue weighted by Crippen LogP contribution is 2.37. The van der Waals surface area contributed by atoms with Crippen molar-refractivity contribution in [3.8, 4) is 0 Å². The van der Waals surface area contributed by atoms with Gasteiger partial charge < -0.3 is 23.7 Å². The Morgan fingerprint density at radius 2 is 2.10 bits per heavy atom. The molecule has 0 unspecified atom stereocenters. The number of carbonyl (C=O) groups excluding carboxylic acids is 1. The topological polar surface area (TPSA) is 66.5 Å². The standard InChI is InChI=1S/C13H21NO6/c1-13(2)19-10-8(14-4-5-17-12(14)15)6-18-9(7-16-3)11(10)20-13/h8-11H,4-7H2,1-3H3/t8-,9-,10-,11+/m1/s1. The van der Waals surface area contributed by atoms with Crippen LogP contribution in [0, 0.1) is 0 Å². The fraction of sp³-hybridized carbons (Fsp3) is 0.923. The molecule has 1 amide bonds. The Kier molecular flexibility index (Phi) is 3.62. The van der Waals surface area contributed by atoms with Gasteiger partial charge in [-0.05, 0) is 13.8 Å². The molecule has 20 heavy (non-hydrogen) atoms. The zero-order chi connectivity index (χ0) is 14.3. The Labute approximate surface area is 118 Å². The lowest BCUT2D eigenvalue weighted by Crippen LogP contribution is -2.59. The number of nitrogens with zero attached hydrogens (tertiary/aromatic N) is 1. The summed E-state index contributed by atoms with van der Waals surface area (Å²) in [6.45, 7) is 5.57. The van der Waals surface area contributed by atoms with Crippen LogP contribution >= 0.6 is 0 Å². The van der Waals surface area contributed by atoms with Crippen molar-refractivity contribution >= 4 is 6.09 Å². The van der Waals surface area contributed by atoms with E-state index in [0.717, 1.165) is 0 Å². The van der Waals surface area contributed by atoms with Gasteiger partial charge in [-0.25, -0.2) is 4.79 Å². The minimum absolute atomic E-state index is 0.176. The molecule has 3 heterocycles. The van der Waals surface area contributed by atoms with E-state index in [-0.39, 0.29) is 30.4 Å². The number of fused-ring (bicyclic) bond motifs is 1. The van der Waals surface area contributed by atoms with Crippen LogP contribution in [-0.2, 0) is 23.7 Å². The van der Waals surface area contributed by atoms with Crippen LogP contribution in [0.4, 0.5) is 4.79 Å². The molecule has 3 rings (SSSR count). The third-order valence-electron chi connectivity index (χ3n) is 3.91. The van der Waals surface area contributed by atoms with E-state index in [9.17, 15) is 4.79 Å². The van der Waals surface area contributed by atoms with Crippen molar-refractivity contribution < 1.29 is 28.5 Å². The van der Waals surface area contributed by atoms with Gasteiger partial charge in [0.05, 0.1) is 25.8 Å². The number of cyclic esters (lactones) is 1. The van der Waals surface area contributed by atoms with Crippen molar-refractivity contribution in [1.29, 1.82) is 0 Å². The summed E-state index contributed by atoms with van der Waals surface area (Å²) in [6, 6.07) is -0.176. The third-order valence-corrected chi connectivity index (χ3v) is 3.91. The highest BCUT2D eigenvalue weighted by Gasteiger charge is 2.54. The molecule has 3 aliphatic heterocycles. The second-order valence-electron chi connectivity index (χ2n) is 5.77. The Balaban J connectivity index is 1.79. The van der Waals surface area contributed by atoms with Crippen LogP contribution in [-0.4, -0.2) is 74.6 Å². The summed E-state index contributed by atoms with van der Waals surface area (Å²) in [6.07, 6.45) is -0.945. The third kappa shape index (κ3) is 2.39. The highest BCUT2D eigenvalue weighted by atomic mass is 16.8. The van der Waals surface area contributed by atoms with Crippen LogP contribution in [0.15, 0.2) is 0 Å². The first kappa shape index (κ1) is 14.1. The molecule has 7 heteroatoms. The van der Waals surface area contributed by atoms with Gasteiger partial charge in [0.2, 0.25) is 0 Å². The minimum atomic E-state index is -0.684. The lowest BCUT2D eigenvalue weighted by atomic mass is 9.97. The molecule has 0 spiro atoms. The largest absolute Gasteiger partial charge is 0.448 e. The van der Waals surface area contributed by atoms with Gasteiger partial charge in [-0.2, -0.15) is 0 Å². The SMILES string of the molecule is COC[C@H]1OC[C@@H](N2CCOC2=O)[C@H]2OC(C)(C)O[C@H]21. The van der Waals surface area contributed by atoms with E-state index in [1.807, 2.05) is 13.8 Å². The predicted molar refractivity (Wildman–Crippen MR) is 67.3 cm³/mol. The first-order valence-corrected chi connectivity index (χ1v) is 6.91. The van der Waals surface area contributed by atoms with E-state index in [4.69, 9.17) is 23.7 Å². The smallest absolute Gasteiger partial charge is 0.410 e. The molecular weight excluding hydrogens is 266 g/mol. The van der Waals surface area contributed by atoms with Crippen molar-refractivity contribution in [2.45, 2.75) is 44.0 Å². The Bertz CT molecular complexity index is 387. The van der Waals surface area contributed by atoms with E-state index in [0.29, 0.717) is 26.4 Å². The van der Waals surface area contributed by atoms with Crippen molar-refractivity contribution in [3.63, 3.8) is 0 Å². The summed E-state index contributed by atoms with van der Waals surface area (Å²) < 4.78 is 27.9. The lowest BCUT2D eigenvalue weighted by Gasteiger charge is -2.39. The molecule has 114 valence electrons. The molecule has 0 saturated carbocycles. The van der Waals surface area contributed by atoms with Gasteiger partial charge in [-0.1, -0.05) is 0 Å². The van der Waals surface area contributed by atoms with Gasteiger partial charge in [0, 0.05) is 7.11 Å². The Hall–Kier alpha value is -0.890. The normalized spacial score (nSPS) is 39.8. The van der Waals surface area contributed by atoms with Crippen LogP contribution in [0.5, 0.6) is 0 Å². The number of hydrogen-bond acceptors (Lipinski definition) is 6. The van der Waals surface area contributed by atoms with Crippen LogP contribution in [0.1, 0.15) is 13.8 Å². The minimum Gasteiger partial charge on any atom is -0.448 e. The summed E-state index contributed by atoms with van der Waals surface area (Å²) >= 11 is 0. The molecule has 0 aromatic rings. The Morgan fingerprint density at radius 3 is 2.75 bits per heavy atom. The summed E-state index contributed by atoms with van der Waals surface area (Å²) in [7, 11) is 1.63. The molecule has 3 aliphatic rings. The number of ether oxygens (including phenoxy) is 5. The monoisotopic (exact) mass is 287 g/mol. The molecule has 4 atom stereocenters. The molecule has 0 aliphatic carbocycles. The van der Waals surface area contributed by atoms with Crippen LogP contribution in [0.3, 0.4) is 0 Å². The molecule has 0 aromatic carbocycles. The van der Waals surface area contributed by atoms with E-state index in [1.54, 1.807) is 12.0 Å². The molecule has 3 fully saturated rings. The number of carbonyl (C=O) groups is 1. The van der Waals surface area contributed by atoms with Gasteiger partial charge in [0.1, 0.15) is 24.9 Å². The van der Waals surface area contributed by atoms with Crippen LogP contribution < -0.4 is 0 Å². The number of methoxy groups -OCH3 is 1. The molecule has 7 nitrogen and oxygen atoms in total. The second kappa shape index (κ2) is 5.14. The summed E-state index contributed by atoms with van der Waals surface area (Å²) in [5.41, 5.74) is 0. The quantitative estimate of drug-likeness (QED) is 0.747. The molecule has 0 bridgehead atoms. The van der Waals surface area contributed by atoms with Crippen molar-refractivity contribution in [2.24, 2.45) is 0 Å². The fourth-order valence-corrected chi connectivity index (χ4v) is 3.10. The maximum atomic E-state index is 11.8. The highest BCUT2D eigenvalue weighted by molar-refractivity contribution is 5.70. The van der Waals surface area contributed by atoms with E-state index in [1.165, 1.54) is 0 Å². The maximum absolute atomic E-state index is 11.8. The van der Waals surface area contributed by atoms with Crippen LogP contribution in [0.2, 0.25) is 0 Å². The second-order valence-corrected chi connectivity index (χ2v) is 5.77. The fourth-order valence-electron chi connectivity index (χ4n) is 3.10. The van der Waals surface area contributed by atoms with Crippen molar-refractivity contribution in [3.05, 3.63) is 0 Å². The van der Waals surface area contributed by atoms with E-state index < -0.39 is 5.79 Å². The zero-order valence-corrected chi connectivity index (χ0v) is 12.0. The van der Waals surface area contributed by atoms with Gasteiger partial charge >= 0.3 is 6.09 Å². The average molecular weight is 287 g/mol. The van der Waals surface area contributed by atoms with Gasteiger partial charge in [-0.3, -0.25) is 4.90 Å². The first-order valence-electron chi connectivity index (χ1n) is 6.91.